The Hall–Kier alpha value is -3.68. The van der Waals surface area contributed by atoms with Gasteiger partial charge in [0.2, 0.25) is 6.79 Å². The molecule has 1 aromatic heterocycles. The molecule has 8 heteroatoms. The van der Waals surface area contributed by atoms with E-state index in [1.807, 2.05) is 0 Å². The molecular formula is C20H17FN4O3. The summed E-state index contributed by atoms with van der Waals surface area (Å²) in [6.07, 6.45) is 0.727. The minimum absolute atomic E-state index is 0.154. The highest BCUT2D eigenvalue weighted by atomic mass is 19.1. The molecule has 0 aliphatic carbocycles. The lowest BCUT2D eigenvalue weighted by atomic mass is 10.1. The molecule has 142 valence electrons. The number of ether oxygens (including phenoxy) is 2. The Morgan fingerprint density at radius 3 is 2.50 bits per heavy atom. The fourth-order valence-corrected chi connectivity index (χ4v) is 2.71. The van der Waals surface area contributed by atoms with Gasteiger partial charge in [0.05, 0.1) is 0 Å². The van der Waals surface area contributed by atoms with E-state index >= 15 is 0 Å². The molecule has 0 saturated carbocycles. The summed E-state index contributed by atoms with van der Waals surface area (Å²) in [5.41, 5.74) is 1.46. The van der Waals surface area contributed by atoms with Crippen molar-refractivity contribution in [3.8, 4) is 11.5 Å². The molecule has 1 aliphatic heterocycles. The number of halogens is 1. The molecule has 28 heavy (non-hydrogen) atoms. The molecule has 0 bridgehead atoms. The van der Waals surface area contributed by atoms with Crippen molar-refractivity contribution < 1.29 is 18.7 Å². The summed E-state index contributed by atoms with van der Waals surface area (Å²) < 4.78 is 23.4. The van der Waals surface area contributed by atoms with Gasteiger partial charge in [-0.1, -0.05) is 12.1 Å². The SMILES string of the molecule is O=C(Nc1ccc(NCCc2ccc(F)cc2)nn1)c1ccc2c(c1)OCO2. The van der Waals surface area contributed by atoms with Gasteiger partial charge < -0.3 is 20.1 Å². The Morgan fingerprint density at radius 1 is 0.964 bits per heavy atom. The molecule has 1 amide bonds. The maximum absolute atomic E-state index is 12.9. The number of benzene rings is 2. The average molecular weight is 380 g/mol. The normalized spacial score (nSPS) is 11.9. The summed E-state index contributed by atoms with van der Waals surface area (Å²) in [6, 6.07) is 14.7. The van der Waals surface area contributed by atoms with E-state index in [-0.39, 0.29) is 18.5 Å². The molecule has 2 aromatic carbocycles. The third kappa shape index (κ3) is 4.17. The van der Waals surface area contributed by atoms with Crippen LogP contribution in [0.15, 0.2) is 54.6 Å². The van der Waals surface area contributed by atoms with Crippen molar-refractivity contribution in [2.75, 3.05) is 24.0 Å². The van der Waals surface area contributed by atoms with Gasteiger partial charge in [-0.25, -0.2) is 4.39 Å². The zero-order valence-corrected chi connectivity index (χ0v) is 14.8. The molecule has 0 saturated heterocycles. The zero-order valence-electron chi connectivity index (χ0n) is 14.8. The first-order chi connectivity index (χ1) is 13.7. The summed E-state index contributed by atoms with van der Waals surface area (Å²) in [4.78, 5) is 12.3. The van der Waals surface area contributed by atoms with Gasteiger partial charge in [-0.2, -0.15) is 0 Å². The second-order valence-corrected chi connectivity index (χ2v) is 6.13. The van der Waals surface area contributed by atoms with Crippen molar-refractivity contribution in [2.45, 2.75) is 6.42 Å². The number of fused-ring (bicyclic) bond motifs is 1. The van der Waals surface area contributed by atoms with Gasteiger partial charge in [0.15, 0.2) is 17.3 Å². The van der Waals surface area contributed by atoms with E-state index in [1.165, 1.54) is 12.1 Å². The highest BCUT2D eigenvalue weighted by Gasteiger charge is 2.16. The predicted octanol–water partition coefficient (Wildman–Crippen LogP) is 3.25. The summed E-state index contributed by atoms with van der Waals surface area (Å²) in [6.45, 7) is 0.782. The van der Waals surface area contributed by atoms with E-state index in [2.05, 4.69) is 20.8 Å². The van der Waals surface area contributed by atoms with Crippen LogP contribution < -0.4 is 20.1 Å². The second-order valence-electron chi connectivity index (χ2n) is 6.13. The first-order valence-corrected chi connectivity index (χ1v) is 8.70. The number of rotatable bonds is 6. The summed E-state index contributed by atoms with van der Waals surface area (Å²) in [5, 5.41) is 13.9. The van der Waals surface area contributed by atoms with Gasteiger partial charge in [-0.3, -0.25) is 4.79 Å². The monoisotopic (exact) mass is 380 g/mol. The Bertz CT molecular complexity index is 978. The van der Waals surface area contributed by atoms with Gasteiger partial charge >= 0.3 is 0 Å². The highest BCUT2D eigenvalue weighted by Crippen LogP contribution is 2.32. The average Bonchev–Trinajstić information content (AvgIpc) is 3.18. The van der Waals surface area contributed by atoms with Crippen molar-refractivity contribution in [3.05, 3.63) is 71.5 Å². The number of anilines is 2. The molecule has 0 radical (unpaired) electrons. The van der Waals surface area contributed by atoms with E-state index in [9.17, 15) is 9.18 Å². The number of hydrogen-bond acceptors (Lipinski definition) is 6. The first-order valence-electron chi connectivity index (χ1n) is 8.70. The molecule has 7 nitrogen and oxygen atoms in total. The van der Waals surface area contributed by atoms with Crippen molar-refractivity contribution >= 4 is 17.5 Å². The van der Waals surface area contributed by atoms with Crippen LogP contribution in [0.4, 0.5) is 16.0 Å². The molecule has 2 heterocycles. The van der Waals surface area contributed by atoms with Gasteiger partial charge in [0.25, 0.3) is 5.91 Å². The number of nitrogens with zero attached hydrogens (tertiary/aromatic N) is 2. The highest BCUT2D eigenvalue weighted by molar-refractivity contribution is 6.04. The van der Waals surface area contributed by atoms with Crippen LogP contribution in [0.3, 0.4) is 0 Å². The molecule has 0 unspecified atom stereocenters. The van der Waals surface area contributed by atoms with Crippen LogP contribution in [-0.2, 0) is 6.42 Å². The van der Waals surface area contributed by atoms with Gasteiger partial charge in [-0.15, -0.1) is 10.2 Å². The van der Waals surface area contributed by atoms with Crippen molar-refractivity contribution in [1.29, 1.82) is 0 Å². The molecule has 4 rings (SSSR count). The number of carbonyl (C=O) groups is 1. The smallest absolute Gasteiger partial charge is 0.257 e. The Balaban J connectivity index is 1.30. The van der Waals surface area contributed by atoms with Crippen LogP contribution in [0, 0.1) is 5.82 Å². The molecule has 2 N–H and O–H groups in total. The predicted molar refractivity (Wildman–Crippen MR) is 101 cm³/mol. The lowest BCUT2D eigenvalue weighted by Crippen LogP contribution is -2.14. The van der Waals surface area contributed by atoms with Gasteiger partial charge in [0.1, 0.15) is 11.6 Å². The standard InChI is InChI=1S/C20H17FN4O3/c21-15-4-1-13(2-5-15)9-10-22-18-7-8-19(25-24-18)23-20(26)14-3-6-16-17(11-14)28-12-27-16/h1-8,11H,9-10,12H2,(H,22,24)(H,23,25,26). The minimum atomic E-state index is -0.315. The molecule has 0 atom stereocenters. The molecule has 1 aliphatic rings. The first kappa shape index (κ1) is 17.7. The number of amides is 1. The maximum Gasteiger partial charge on any atom is 0.257 e. The van der Waals surface area contributed by atoms with E-state index in [0.29, 0.717) is 35.2 Å². The lowest BCUT2D eigenvalue weighted by molar-refractivity contribution is 0.102. The van der Waals surface area contributed by atoms with Crippen LogP contribution in [0.5, 0.6) is 11.5 Å². The van der Waals surface area contributed by atoms with Crippen LogP contribution in [-0.4, -0.2) is 29.4 Å². The van der Waals surface area contributed by atoms with E-state index in [4.69, 9.17) is 9.47 Å². The van der Waals surface area contributed by atoms with Crippen LogP contribution in [0.1, 0.15) is 15.9 Å². The van der Waals surface area contributed by atoms with Gasteiger partial charge in [-0.05, 0) is 54.4 Å². The van der Waals surface area contributed by atoms with Crippen molar-refractivity contribution in [3.63, 3.8) is 0 Å². The minimum Gasteiger partial charge on any atom is -0.454 e. The van der Waals surface area contributed by atoms with Crippen LogP contribution >= 0.6 is 0 Å². The Labute approximate surface area is 160 Å². The molecule has 0 spiro atoms. The third-order valence-corrected chi connectivity index (χ3v) is 4.17. The van der Waals surface area contributed by atoms with Crippen LogP contribution in [0.2, 0.25) is 0 Å². The number of nitrogens with one attached hydrogen (secondary N) is 2. The maximum atomic E-state index is 12.9. The summed E-state index contributed by atoms with van der Waals surface area (Å²) in [7, 11) is 0. The largest absolute Gasteiger partial charge is 0.454 e. The third-order valence-electron chi connectivity index (χ3n) is 4.17. The number of hydrogen-bond donors (Lipinski definition) is 2. The molecule has 3 aromatic rings. The quantitative estimate of drug-likeness (QED) is 0.683. The van der Waals surface area contributed by atoms with Crippen LogP contribution in [0.25, 0.3) is 0 Å². The fraction of sp³-hybridized carbons (Fsp3) is 0.150. The Morgan fingerprint density at radius 2 is 1.71 bits per heavy atom. The fourth-order valence-electron chi connectivity index (χ4n) is 2.71. The van der Waals surface area contributed by atoms with E-state index < -0.39 is 0 Å². The van der Waals surface area contributed by atoms with Gasteiger partial charge in [0, 0.05) is 12.1 Å². The molecular weight excluding hydrogens is 363 g/mol. The second kappa shape index (κ2) is 7.91. The van der Waals surface area contributed by atoms with Crippen molar-refractivity contribution in [2.24, 2.45) is 0 Å². The van der Waals surface area contributed by atoms with Crippen molar-refractivity contribution in [1.82, 2.24) is 10.2 Å². The summed E-state index contributed by atoms with van der Waals surface area (Å²) in [5.74, 6) is 1.52. The molecule has 0 fully saturated rings. The lowest BCUT2D eigenvalue weighted by Gasteiger charge is -2.07. The zero-order chi connectivity index (χ0) is 19.3. The van der Waals surface area contributed by atoms with E-state index in [1.54, 1.807) is 42.5 Å². The van der Waals surface area contributed by atoms with E-state index in [0.717, 1.165) is 12.0 Å². The summed E-state index contributed by atoms with van der Waals surface area (Å²) >= 11 is 0. The topological polar surface area (TPSA) is 85.4 Å². The Kier molecular flexibility index (Phi) is 5.01. The number of aromatic nitrogens is 2. The number of carbonyl (C=O) groups excluding carboxylic acids is 1.